The topological polar surface area (TPSA) is 61.9 Å². The SMILES string of the molecule is Cc1ccc(NC(=O)CN2CCN(C(=O)COc3ccc(F)cc3)CC2)cc1C. The summed E-state index contributed by atoms with van der Waals surface area (Å²) < 4.78 is 18.3. The summed E-state index contributed by atoms with van der Waals surface area (Å²) in [6.07, 6.45) is 0. The van der Waals surface area contributed by atoms with Crippen molar-refractivity contribution in [3.8, 4) is 5.75 Å². The molecule has 1 N–H and O–H groups in total. The predicted molar refractivity (Wildman–Crippen MR) is 109 cm³/mol. The lowest BCUT2D eigenvalue weighted by molar-refractivity contribution is -0.135. The van der Waals surface area contributed by atoms with E-state index in [0.717, 1.165) is 11.3 Å². The Hall–Kier alpha value is -2.93. The molecule has 2 amide bonds. The zero-order valence-electron chi connectivity index (χ0n) is 16.8. The number of anilines is 1. The number of hydrogen-bond acceptors (Lipinski definition) is 4. The fourth-order valence-corrected chi connectivity index (χ4v) is 3.15. The molecule has 0 unspecified atom stereocenters. The Bertz CT molecular complexity index is 862. The van der Waals surface area contributed by atoms with Crippen molar-refractivity contribution in [2.45, 2.75) is 13.8 Å². The monoisotopic (exact) mass is 399 g/mol. The van der Waals surface area contributed by atoms with E-state index in [1.54, 1.807) is 4.90 Å². The zero-order valence-corrected chi connectivity index (χ0v) is 16.8. The minimum absolute atomic E-state index is 0.0623. The molecule has 6 nitrogen and oxygen atoms in total. The fraction of sp³-hybridized carbons (Fsp3) is 0.364. The van der Waals surface area contributed by atoms with Gasteiger partial charge in [-0.15, -0.1) is 0 Å². The second-order valence-corrected chi connectivity index (χ2v) is 7.25. The first-order valence-electron chi connectivity index (χ1n) is 9.66. The van der Waals surface area contributed by atoms with Gasteiger partial charge in [0.25, 0.3) is 5.91 Å². The first-order chi connectivity index (χ1) is 13.9. The van der Waals surface area contributed by atoms with Crippen molar-refractivity contribution in [2.75, 3.05) is 44.6 Å². The second-order valence-electron chi connectivity index (χ2n) is 7.25. The molecule has 0 bridgehead atoms. The number of carbonyl (C=O) groups excluding carboxylic acids is 2. The molecule has 0 radical (unpaired) electrons. The van der Waals surface area contributed by atoms with Crippen LogP contribution in [0.4, 0.5) is 10.1 Å². The summed E-state index contributed by atoms with van der Waals surface area (Å²) in [5.74, 6) is -0.0658. The Morgan fingerprint density at radius 2 is 1.69 bits per heavy atom. The van der Waals surface area contributed by atoms with E-state index < -0.39 is 0 Å². The van der Waals surface area contributed by atoms with Gasteiger partial charge in [0.15, 0.2) is 6.61 Å². The van der Waals surface area contributed by atoms with Gasteiger partial charge in [0, 0.05) is 31.9 Å². The van der Waals surface area contributed by atoms with Crippen LogP contribution in [0.25, 0.3) is 0 Å². The molecule has 29 heavy (non-hydrogen) atoms. The molecular formula is C22H26FN3O3. The molecule has 2 aromatic rings. The fourth-order valence-electron chi connectivity index (χ4n) is 3.15. The van der Waals surface area contributed by atoms with Gasteiger partial charge >= 0.3 is 0 Å². The highest BCUT2D eigenvalue weighted by molar-refractivity contribution is 5.92. The molecule has 0 atom stereocenters. The number of benzene rings is 2. The van der Waals surface area contributed by atoms with Gasteiger partial charge in [-0.2, -0.15) is 0 Å². The lowest BCUT2D eigenvalue weighted by Crippen LogP contribution is -2.51. The maximum absolute atomic E-state index is 12.9. The summed E-state index contributed by atoms with van der Waals surface area (Å²) in [4.78, 5) is 28.3. The third kappa shape index (κ3) is 6.02. The van der Waals surface area contributed by atoms with E-state index in [-0.39, 0.29) is 24.2 Å². The molecule has 0 saturated carbocycles. The molecule has 0 spiro atoms. The smallest absolute Gasteiger partial charge is 0.260 e. The third-order valence-electron chi connectivity index (χ3n) is 5.06. The van der Waals surface area contributed by atoms with Crippen LogP contribution in [-0.2, 0) is 9.59 Å². The number of hydrogen-bond donors (Lipinski definition) is 1. The number of rotatable bonds is 6. The van der Waals surface area contributed by atoms with Crippen LogP contribution in [0.5, 0.6) is 5.75 Å². The van der Waals surface area contributed by atoms with Crippen LogP contribution in [-0.4, -0.2) is 60.9 Å². The van der Waals surface area contributed by atoms with Crippen molar-refractivity contribution in [2.24, 2.45) is 0 Å². The summed E-state index contributed by atoms with van der Waals surface area (Å²) in [6.45, 7) is 6.60. The van der Waals surface area contributed by atoms with E-state index in [4.69, 9.17) is 4.74 Å². The third-order valence-corrected chi connectivity index (χ3v) is 5.06. The lowest BCUT2D eigenvalue weighted by Gasteiger charge is -2.34. The summed E-state index contributed by atoms with van der Waals surface area (Å²) in [5, 5.41) is 2.93. The Labute approximate surface area is 170 Å². The van der Waals surface area contributed by atoms with Gasteiger partial charge in [-0.3, -0.25) is 14.5 Å². The Balaban J connectivity index is 1.40. The van der Waals surface area contributed by atoms with Crippen molar-refractivity contribution in [3.05, 3.63) is 59.4 Å². The first kappa shape index (κ1) is 20.8. The van der Waals surface area contributed by atoms with Crippen LogP contribution in [0.2, 0.25) is 0 Å². The molecule has 1 heterocycles. The number of aryl methyl sites for hydroxylation is 2. The summed E-state index contributed by atoms with van der Waals surface area (Å²) >= 11 is 0. The van der Waals surface area contributed by atoms with Crippen molar-refractivity contribution in [1.29, 1.82) is 0 Å². The van der Waals surface area contributed by atoms with Crippen LogP contribution in [0.1, 0.15) is 11.1 Å². The van der Waals surface area contributed by atoms with Crippen LogP contribution in [0.15, 0.2) is 42.5 Å². The predicted octanol–water partition coefficient (Wildman–Crippen LogP) is 2.60. The van der Waals surface area contributed by atoms with Crippen molar-refractivity contribution in [3.63, 3.8) is 0 Å². The van der Waals surface area contributed by atoms with E-state index in [2.05, 4.69) is 5.32 Å². The molecule has 0 aromatic heterocycles. The number of nitrogens with zero attached hydrogens (tertiary/aromatic N) is 2. The zero-order chi connectivity index (χ0) is 20.8. The molecule has 1 fully saturated rings. The number of halogens is 1. The first-order valence-corrected chi connectivity index (χ1v) is 9.66. The van der Waals surface area contributed by atoms with Gasteiger partial charge in [-0.1, -0.05) is 6.07 Å². The van der Waals surface area contributed by atoms with Gasteiger partial charge in [0.05, 0.1) is 6.54 Å². The van der Waals surface area contributed by atoms with E-state index in [9.17, 15) is 14.0 Å². The molecule has 1 aliphatic heterocycles. The van der Waals surface area contributed by atoms with Gasteiger partial charge in [0.1, 0.15) is 11.6 Å². The summed E-state index contributed by atoms with van der Waals surface area (Å²) in [5.41, 5.74) is 3.12. The maximum atomic E-state index is 12.9. The molecular weight excluding hydrogens is 373 g/mol. The standard InChI is InChI=1S/C22H26FN3O3/c1-16-3-6-19(13-17(16)2)24-21(27)14-25-9-11-26(12-10-25)22(28)15-29-20-7-4-18(23)5-8-20/h3-8,13H,9-12,14-15H2,1-2H3,(H,24,27). The normalized spacial score (nSPS) is 14.5. The molecule has 3 rings (SSSR count). The minimum Gasteiger partial charge on any atom is -0.484 e. The lowest BCUT2D eigenvalue weighted by atomic mass is 10.1. The number of carbonyl (C=O) groups is 2. The quantitative estimate of drug-likeness (QED) is 0.811. The Morgan fingerprint density at radius 3 is 2.34 bits per heavy atom. The summed E-state index contributed by atoms with van der Waals surface area (Å²) in [6, 6.07) is 11.4. The minimum atomic E-state index is -0.346. The highest BCUT2D eigenvalue weighted by Gasteiger charge is 2.22. The average Bonchev–Trinajstić information content (AvgIpc) is 2.70. The van der Waals surface area contributed by atoms with E-state index in [0.29, 0.717) is 38.5 Å². The highest BCUT2D eigenvalue weighted by Crippen LogP contribution is 2.14. The van der Waals surface area contributed by atoms with Gasteiger partial charge in [-0.25, -0.2) is 4.39 Å². The second kappa shape index (κ2) is 9.52. The summed E-state index contributed by atoms with van der Waals surface area (Å²) in [7, 11) is 0. The van der Waals surface area contributed by atoms with Gasteiger partial charge in [0.2, 0.25) is 5.91 Å². The van der Waals surface area contributed by atoms with E-state index in [1.165, 1.54) is 29.8 Å². The van der Waals surface area contributed by atoms with Crippen LogP contribution >= 0.6 is 0 Å². The van der Waals surface area contributed by atoms with Gasteiger partial charge in [-0.05, 0) is 61.4 Å². The highest BCUT2D eigenvalue weighted by atomic mass is 19.1. The van der Waals surface area contributed by atoms with Crippen molar-refractivity contribution < 1.29 is 18.7 Å². The number of piperazine rings is 1. The maximum Gasteiger partial charge on any atom is 0.260 e. The van der Waals surface area contributed by atoms with Crippen molar-refractivity contribution in [1.82, 2.24) is 9.80 Å². The molecule has 1 aliphatic rings. The Kier molecular flexibility index (Phi) is 6.82. The number of amides is 2. The van der Waals surface area contributed by atoms with Gasteiger partial charge < -0.3 is 15.0 Å². The molecule has 2 aromatic carbocycles. The largest absolute Gasteiger partial charge is 0.484 e. The molecule has 7 heteroatoms. The van der Waals surface area contributed by atoms with Crippen molar-refractivity contribution >= 4 is 17.5 Å². The van der Waals surface area contributed by atoms with Crippen LogP contribution < -0.4 is 10.1 Å². The molecule has 0 aliphatic carbocycles. The molecule has 1 saturated heterocycles. The molecule has 154 valence electrons. The van der Waals surface area contributed by atoms with E-state index >= 15 is 0 Å². The number of ether oxygens (including phenoxy) is 1. The average molecular weight is 399 g/mol. The van der Waals surface area contributed by atoms with Crippen LogP contribution in [0.3, 0.4) is 0 Å². The Morgan fingerprint density at radius 1 is 1.00 bits per heavy atom. The van der Waals surface area contributed by atoms with E-state index in [1.807, 2.05) is 36.9 Å². The number of nitrogens with one attached hydrogen (secondary N) is 1. The van der Waals surface area contributed by atoms with Crippen LogP contribution in [0, 0.1) is 19.7 Å².